The molecule has 0 unspecified atom stereocenters. The summed E-state index contributed by atoms with van der Waals surface area (Å²) in [5, 5.41) is 0. The first-order chi connectivity index (χ1) is 7.71. The van der Waals surface area contributed by atoms with Crippen molar-refractivity contribution < 1.29 is 4.74 Å². The van der Waals surface area contributed by atoms with Crippen molar-refractivity contribution in [3.8, 4) is 5.75 Å². The van der Waals surface area contributed by atoms with Gasteiger partial charge in [-0.05, 0) is 24.8 Å². The molecule has 0 heterocycles. The van der Waals surface area contributed by atoms with Crippen LogP contribution in [0.1, 0.15) is 43.7 Å². The van der Waals surface area contributed by atoms with Crippen LogP contribution in [0.3, 0.4) is 0 Å². The fourth-order valence-electron chi connectivity index (χ4n) is 2.77. The van der Waals surface area contributed by atoms with Crippen LogP contribution in [-0.2, 0) is 12.0 Å². The van der Waals surface area contributed by atoms with Crippen molar-refractivity contribution in [1.29, 1.82) is 0 Å². The number of nitrogens with two attached hydrogens (primary N) is 1. The van der Waals surface area contributed by atoms with Gasteiger partial charge in [-0.1, -0.05) is 38.0 Å². The molecule has 0 aliphatic heterocycles. The molecule has 1 aliphatic rings. The summed E-state index contributed by atoms with van der Waals surface area (Å²) in [5.41, 5.74) is 8.81. The zero-order valence-electron chi connectivity index (χ0n) is 10.3. The average Bonchev–Trinajstić information content (AvgIpc) is 2.76. The predicted molar refractivity (Wildman–Crippen MR) is 66.7 cm³/mol. The molecule has 16 heavy (non-hydrogen) atoms. The van der Waals surface area contributed by atoms with Gasteiger partial charge in [0.15, 0.2) is 0 Å². The number of rotatable bonds is 3. The van der Waals surface area contributed by atoms with Gasteiger partial charge in [0.05, 0.1) is 7.11 Å². The second kappa shape index (κ2) is 4.46. The van der Waals surface area contributed by atoms with E-state index in [-0.39, 0.29) is 5.54 Å². The van der Waals surface area contributed by atoms with E-state index in [0.717, 1.165) is 25.0 Å². The Balaban J connectivity index is 2.47. The zero-order chi connectivity index (χ0) is 11.6. The molecule has 1 aromatic rings. The number of para-hydroxylation sites is 1. The van der Waals surface area contributed by atoms with Gasteiger partial charge < -0.3 is 10.5 Å². The first kappa shape index (κ1) is 11.5. The molecule has 1 fully saturated rings. The Morgan fingerprint density at radius 3 is 2.56 bits per heavy atom. The molecule has 0 saturated heterocycles. The second-order valence-corrected chi connectivity index (χ2v) is 4.71. The number of ether oxygens (including phenoxy) is 1. The number of hydrogen-bond acceptors (Lipinski definition) is 2. The Bertz CT molecular complexity index is 367. The Labute approximate surface area is 97.8 Å². The molecule has 0 amide bonds. The minimum absolute atomic E-state index is 0.156. The Morgan fingerprint density at radius 2 is 2.00 bits per heavy atom. The summed E-state index contributed by atoms with van der Waals surface area (Å²) in [4.78, 5) is 0. The quantitative estimate of drug-likeness (QED) is 0.848. The lowest BCUT2D eigenvalue weighted by Crippen LogP contribution is -2.33. The highest BCUT2D eigenvalue weighted by Crippen LogP contribution is 2.41. The minimum atomic E-state index is -0.156. The van der Waals surface area contributed by atoms with Crippen molar-refractivity contribution in [2.24, 2.45) is 5.73 Å². The Morgan fingerprint density at radius 1 is 1.31 bits per heavy atom. The zero-order valence-corrected chi connectivity index (χ0v) is 10.3. The smallest absolute Gasteiger partial charge is 0.127 e. The van der Waals surface area contributed by atoms with Crippen LogP contribution < -0.4 is 10.5 Å². The molecule has 88 valence electrons. The van der Waals surface area contributed by atoms with Crippen molar-refractivity contribution in [2.45, 2.75) is 44.6 Å². The van der Waals surface area contributed by atoms with Gasteiger partial charge in [0.25, 0.3) is 0 Å². The van der Waals surface area contributed by atoms with Gasteiger partial charge in [0, 0.05) is 11.1 Å². The van der Waals surface area contributed by atoms with Crippen LogP contribution in [-0.4, -0.2) is 7.11 Å². The molecule has 2 nitrogen and oxygen atoms in total. The summed E-state index contributed by atoms with van der Waals surface area (Å²) in [6.07, 6.45) is 5.62. The van der Waals surface area contributed by atoms with Crippen molar-refractivity contribution >= 4 is 0 Å². The highest BCUT2D eigenvalue weighted by atomic mass is 16.5. The number of benzene rings is 1. The van der Waals surface area contributed by atoms with Gasteiger partial charge in [0.2, 0.25) is 0 Å². The Kier molecular flexibility index (Phi) is 3.20. The highest BCUT2D eigenvalue weighted by Gasteiger charge is 2.34. The summed E-state index contributed by atoms with van der Waals surface area (Å²) in [7, 11) is 1.75. The Hall–Kier alpha value is -1.02. The van der Waals surface area contributed by atoms with Gasteiger partial charge in [-0.25, -0.2) is 0 Å². The fraction of sp³-hybridized carbons (Fsp3) is 0.571. The maximum atomic E-state index is 6.50. The third-order valence-electron chi connectivity index (χ3n) is 3.71. The van der Waals surface area contributed by atoms with Crippen LogP contribution in [0.25, 0.3) is 0 Å². The standard InChI is InChI=1S/C14H21NO/c1-3-11-7-6-8-12(13(11)16-2)14(15)9-4-5-10-14/h6-8H,3-5,9-10,15H2,1-2H3. The van der Waals surface area contributed by atoms with E-state index in [0.29, 0.717) is 0 Å². The predicted octanol–water partition coefficient (Wildman–Crippen LogP) is 2.99. The summed E-state index contributed by atoms with van der Waals surface area (Å²) in [5.74, 6) is 1.01. The monoisotopic (exact) mass is 219 g/mol. The molecule has 1 saturated carbocycles. The lowest BCUT2D eigenvalue weighted by Gasteiger charge is -2.27. The first-order valence-corrected chi connectivity index (χ1v) is 6.16. The highest BCUT2D eigenvalue weighted by molar-refractivity contribution is 5.46. The van der Waals surface area contributed by atoms with Crippen molar-refractivity contribution in [2.75, 3.05) is 7.11 Å². The first-order valence-electron chi connectivity index (χ1n) is 6.16. The molecule has 1 aliphatic carbocycles. The summed E-state index contributed by atoms with van der Waals surface area (Å²) >= 11 is 0. The number of methoxy groups -OCH3 is 1. The van der Waals surface area contributed by atoms with Crippen LogP contribution in [0, 0.1) is 0 Å². The third-order valence-corrected chi connectivity index (χ3v) is 3.71. The van der Waals surface area contributed by atoms with Crippen LogP contribution in [0.15, 0.2) is 18.2 Å². The van der Waals surface area contributed by atoms with Gasteiger partial charge in [-0.3, -0.25) is 0 Å². The van der Waals surface area contributed by atoms with E-state index >= 15 is 0 Å². The van der Waals surface area contributed by atoms with E-state index in [9.17, 15) is 0 Å². The van der Waals surface area contributed by atoms with Crippen molar-refractivity contribution in [3.05, 3.63) is 29.3 Å². The van der Waals surface area contributed by atoms with E-state index < -0.39 is 0 Å². The maximum absolute atomic E-state index is 6.50. The molecule has 2 rings (SSSR count). The molecule has 0 spiro atoms. The van der Waals surface area contributed by atoms with Crippen molar-refractivity contribution in [1.82, 2.24) is 0 Å². The van der Waals surface area contributed by atoms with Crippen LogP contribution in [0.2, 0.25) is 0 Å². The molecule has 2 heteroatoms. The van der Waals surface area contributed by atoms with E-state index in [2.05, 4.69) is 25.1 Å². The summed E-state index contributed by atoms with van der Waals surface area (Å²) in [6.45, 7) is 2.15. The van der Waals surface area contributed by atoms with Crippen LogP contribution in [0.5, 0.6) is 5.75 Å². The van der Waals surface area contributed by atoms with Crippen LogP contribution in [0.4, 0.5) is 0 Å². The second-order valence-electron chi connectivity index (χ2n) is 4.71. The molecule has 1 aromatic carbocycles. The van der Waals surface area contributed by atoms with E-state index in [1.54, 1.807) is 7.11 Å². The summed E-state index contributed by atoms with van der Waals surface area (Å²) < 4.78 is 5.56. The fourth-order valence-corrected chi connectivity index (χ4v) is 2.77. The van der Waals surface area contributed by atoms with Crippen LogP contribution >= 0.6 is 0 Å². The molecule has 0 bridgehead atoms. The molecule has 2 N–H and O–H groups in total. The maximum Gasteiger partial charge on any atom is 0.127 e. The van der Waals surface area contributed by atoms with E-state index in [1.165, 1.54) is 24.0 Å². The normalized spacial score (nSPS) is 18.7. The van der Waals surface area contributed by atoms with Crippen molar-refractivity contribution in [3.63, 3.8) is 0 Å². The average molecular weight is 219 g/mol. The lowest BCUT2D eigenvalue weighted by atomic mass is 9.87. The minimum Gasteiger partial charge on any atom is -0.496 e. The number of hydrogen-bond donors (Lipinski definition) is 1. The largest absolute Gasteiger partial charge is 0.496 e. The third kappa shape index (κ3) is 1.82. The molecular weight excluding hydrogens is 198 g/mol. The lowest BCUT2D eigenvalue weighted by molar-refractivity contribution is 0.375. The van der Waals surface area contributed by atoms with Gasteiger partial charge in [-0.15, -0.1) is 0 Å². The van der Waals surface area contributed by atoms with E-state index in [4.69, 9.17) is 10.5 Å². The van der Waals surface area contributed by atoms with Gasteiger partial charge >= 0.3 is 0 Å². The number of aryl methyl sites for hydroxylation is 1. The molecule has 0 atom stereocenters. The SMILES string of the molecule is CCc1cccc(C2(N)CCCC2)c1OC. The summed E-state index contributed by atoms with van der Waals surface area (Å²) in [6, 6.07) is 6.35. The molecular formula is C14H21NO. The van der Waals surface area contributed by atoms with E-state index in [1.807, 2.05) is 0 Å². The van der Waals surface area contributed by atoms with Gasteiger partial charge in [-0.2, -0.15) is 0 Å². The topological polar surface area (TPSA) is 35.2 Å². The molecule has 0 radical (unpaired) electrons. The molecule has 0 aromatic heterocycles. The van der Waals surface area contributed by atoms with Gasteiger partial charge in [0.1, 0.15) is 5.75 Å².